The number of allylic oxidation sites excluding steroid dienone is 3. The van der Waals surface area contributed by atoms with Gasteiger partial charge in [0.2, 0.25) is 6.42 Å². The standard InChI is InChI=1S/C23H25BF/c1-15-11-17(3)22(18(4)12-15)24(25,21-9-7-8-10-21)23-19(5)13-16(2)14-20(23)6/h7-9,11-14H,1-6H3/q-1. The number of benzene rings is 2. The second-order valence-electron chi connectivity index (χ2n) is 7.51. The van der Waals surface area contributed by atoms with E-state index in [2.05, 4.69) is 43.8 Å². The van der Waals surface area contributed by atoms with Gasteiger partial charge in [0.25, 0.3) is 0 Å². The fraction of sp³-hybridized carbons (Fsp3) is 0.261. The molecule has 0 amide bonds. The molecular formula is C23H25BF-. The molecule has 0 aliphatic heterocycles. The summed E-state index contributed by atoms with van der Waals surface area (Å²) in [4.78, 5) is 0. The maximum Gasteiger partial charge on any atom is 0.242 e. The van der Waals surface area contributed by atoms with Gasteiger partial charge in [0.1, 0.15) is 0 Å². The first kappa shape index (κ1) is 17.5. The topological polar surface area (TPSA) is 0 Å². The highest BCUT2D eigenvalue weighted by atomic mass is 19.1. The predicted octanol–water partition coefficient (Wildman–Crippen LogP) is 4.76. The van der Waals surface area contributed by atoms with E-state index in [1.165, 1.54) is 11.1 Å². The lowest BCUT2D eigenvalue weighted by Crippen LogP contribution is -2.59. The van der Waals surface area contributed by atoms with Gasteiger partial charge >= 0.3 is 0 Å². The first-order valence-corrected chi connectivity index (χ1v) is 8.89. The van der Waals surface area contributed by atoms with Crippen LogP contribution in [0.15, 0.2) is 53.7 Å². The van der Waals surface area contributed by atoms with Crippen molar-refractivity contribution in [3.8, 4) is 0 Å². The van der Waals surface area contributed by atoms with Crippen LogP contribution in [0, 0.1) is 41.5 Å². The molecule has 2 heteroatoms. The molecule has 0 saturated heterocycles. The van der Waals surface area contributed by atoms with E-state index in [1.807, 2.05) is 45.9 Å². The van der Waals surface area contributed by atoms with Crippen molar-refractivity contribution in [2.45, 2.75) is 41.5 Å². The van der Waals surface area contributed by atoms with Gasteiger partial charge in [-0.2, -0.15) is 16.7 Å². The van der Waals surface area contributed by atoms with E-state index in [1.54, 1.807) is 0 Å². The van der Waals surface area contributed by atoms with Crippen molar-refractivity contribution in [1.29, 1.82) is 0 Å². The van der Waals surface area contributed by atoms with Crippen LogP contribution in [0.3, 0.4) is 0 Å². The Bertz CT molecular complexity index is 853. The van der Waals surface area contributed by atoms with E-state index in [4.69, 9.17) is 0 Å². The lowest BCUT2D eigenvalue weighted by atomic mass is 9.28. The minimum Gasteiger partial charge on any atom is -0.498 e. The quantitative estimate of drug-likeness (QED) is 0.562. The molecule has 0 atom stereocenters. The molecule has 0 heterocycles. The van der Waals surface area contributed by atoms with Crippen molar-refractivity contribution in [3.63, 3.8) is 0 Å². The summed E-state index contributed by atoms with van der Waals surface area (Å²) in [5.74, 6) is 0. The minimum atomic E-state index is -2.56. The predicted molar refractivity (Wildman–Crippen MR) is 108 cm³/mol. The molecule has 25 heavy (non-hydrogen) atoms. The Morgan fingerprint density at radius 1 is 0.720 bits per heavy atom. The lowest BCUT2D eigenvalue weighted by molar-refractivity contribution is 0.832. The van der Waals surface area contributed by atoms with Crippen LogP contribution in [-0.4, -0.2) is 6.42 Å². The molecule has 2 aromatic rings. The first-order valence-electron chi connectivity index (χ1n) is 8.89. The van der Waals surface area contributed by atoms with Crippen LogP contribution in [0.25, 0.3) is 0 Å². The molecule has 2 aromatic carbocycles. The summed E-state index contributed by atoms with van der Waals surface area (Å²) < 4.78 is 17.2. The SMILES string of the molecule is Cc1cc(C)c([B-](F)(C2=C=CC=C2)c2c(C)cc(C)cc2C)c(C)c1. The van der Waals surface area contributed by atoms with E-state index < -0.39 is 6.42 Å². The fourth-order valence-corrected chi connectivity index (χ4v) is 4.68. The zero-order valence-corrected chi connectivity index (χ0v) is 16.0. The summed E-state index contributed by atoms with van der Waals surface area (Å²) in [6.45, 7) is 12.2. The Hall–Kier alpha value is -2.31. The van der Waals surface area contributed by atoms with Gasteiger partial charge in [-0.15, -0.1) is 5.47 Å². The maximum atomic E-state index is 17.2. The van der Waals surface area contributed by atoms with Gasteiger partial charge in [-0.05, 0) is 47.6 Å². The van der Waals surface area contributed by atoms with E-state index >= 15 is 4.32 Å². The Kier molecular flexibility index (Phi) is 4.35. The number of hydrogen-bond acceptors (Lipinski definition) is 0. The molecule has 0 saturated carbocycles. The number of rotatable bonds is 3. The Labute approximate surface area is 150 Å². The molecule has 0 N–H and O–H groups in total. The first-order chi connectivity index (χ1) is 11.7. The molecular weight excluding hydrogens is 306 g/mol. The van der Waals surface area contributed by atoms with Gasteiger partial charge in [0.05, 0.1) is 0 Å². The summed E-state index contributed by atoms with van der Waals surface area (Å²) in [5, 5.41) is 0. The second-order valence-corrected chi connectivity index (χ2v) is 7.51. The van der Waals surface area contributed by atoms with Gasteiger partial charge in [-0.3, -0.25) is 0 Å². The normalized spacial score (nSPS) is 13.5. The van der Waals surface area contributed by atoms with Crippen LogP contribution >= 0.6 is 0 Å². The molecule has 0 bridgehead atoms. The molecule has 0 spiro atoms. The number of aryl methyl sites for hydroxylation is 6. The van der Waals surface area contributed by atoms with Gasteiger partial charge in [-0.25, -0.2) is 0 Å². The average Bonchev–Trinajstić information content (AvgIpc) is 2.99. The van der Waals surface area contributed by atoms with E-state index in [9.17, 15) is 0 Å². The summed E-state index contributed by atoms with van der Waals surface area (Å²) in [6.07, 6.45) is 3.00. The zero-order chi connectivity index (χ0) is 18.4. The van der Waals surface area contributed by atoms with Crippen molar-refractivity contribution in [3.05, 3.63) is 87.1 Å². The number of halogens is 1. The second kappa shape index (κ2) is 6.21. The molecule has 0 unspecified atom stereocenters. The molecule has 128 valence electrons. The average molecular weight is 331 g/mol. The molecule has 1 aliphatic rings. The highest BCUT2D eigenvalue weighted by molar-refractivity contribution is 7.03. The van der Waals surface area contributed by atoms with Crippen molar-refractivity contribution in [2.75, 3.05) is 0 Å². The van der Waals surface area contributed by atoms with Gasteiger partial charge in [-0.1, -0.05) is 69.8 Å². The monoisotopic (exact) mass is 331 g/mol. The highest BCUT2D eigenvalue weighted by Crippen LogP contribution is 2.27. The third-order valence-electron chi connectivity index (χ3n) is 5.32. The van der Waals surface area contributed by atoms with Crippen LogP contribution in [0.2, 0.25) is 0 Å². The van der Waals surface area contributed by atoms with Crippen molar-refractivity contribution in [1.82, 2.24) is 0 Å². The van der Waals surface area contributed by atoms with Gasteiger partial charge < -0.3 is 4.32 Å². The largest absolute Gasteiger partial charge is 0.498 e. The van der Waals surface area contributed by atoms with E-state index in [-0.39, 0.29) is 0 Å². The van der Waals surface area contributed by atoms with E-state index in [0.29, 0.717) is 5.47 Å². The van der Waals surface area contributed by atoms with Gasteiger partial charge in [0.15, 0.2) is 0 Å². The van der Waals surface area contributed by atoms with Crippen molar-refractivity contribution in [2.24, 2.45) is 0 Å². The number of hydrogen-bond donors (Lipinski definition) is 0. The smallest absolute Gasteiger partial charge is 0.242 e. The van der Waals surface area contributed by atoms with Crippen LogP contribution in [0.1, 0.15) is 33.4 Å². The fourth-order valence-electron chi connectivity index (χ4n) is 4.68. The summed E-state index contributed by atoms with van der Waals surface area (Å²) in [7, 11) is 0. The lowest BCUT2D eigenvalue weighted by Gasteiger charge is -2.40. The Morgan fingerprint density at radius 3 is 1.44 bits per heavy atom. The molecule has 0 aromatic heterocycles. The minimum absolute atomic E-state index is 0.644. The van der Waals surface area contributed by atoms with Crippen LogP contribution in [-0.2, 0) is 0 Å². The summed E-state index contributed by atoms with van der Waals surface area (Å²) >= 11 is 0. The van der Waals surface area contributed by atoms with Gasteiger partial charge in [0, 0.05) is 0 Å². The third kappa shape index (κ3) is 2.81. The third-order valence-corrected chi connectivity index (χ3v) is 5.32. The molecule has 1 aliphatic carbocycles. The molecule has 0 nitrogen and oxygen atoms in total. The van der Waals surface area contributed by atoms with E-state index in [0.717, 1.165) is 33.2 Å². The Balaban J connectivity index is 2.43. The zero-order valence-electron chi connectivity index (χ0n) is 16.0. The van der Waals surface area contributed by atoms with Crippen LogP contribution < -0.4 is 10.9 Å². The van der Waals surface area contributed by atoms with Crippen molar-refractivity contribution >= 4 is 17.3 Å². The van der Waals surface area contributed by atoms with Crippen LogP contribution in [0.5, 0.6) is 0 Å². The van der Waals surface area contributed by atoms with Crippen molar-refractivity contribution < 1.29 is 4.32 Å². The molecule has 3 rings (SSSR count). The molecule has 0 radical (unpaired) electrons. The summed E-state index contributed by atoms with van der Waals surface area (Å²) in [5.41, 5.74) is 11.8. The molecule has 0 fully saturated rings. The summed E-state index contributed by atoms with van der Waals surface area (Å²) in [6, 6.07) is 8.33. The Morgan fingerprint density at radius 2 is 1.12 bits per heavy atom. The maximum absolute atomic E-state index is 17.2. The van der Waals surface area contributed by atoms with Crippen LogP contribution in [0.4, 0.5) is 4.32 Å². The highest BCUT2D eigenvalue weighted by Gasteiger charge is 2.36.